The fourth-order valence-corrected chi connectivity index (χ4v) is 1.53. The summed E-state index contributed by atoms with van der Waals surface area (Å²) in [6.45, 7) is 4.38. The molecular formula is C10H12NO2Si. The normalized spacial score (nSPS) is 11.1. The third-order valence-corrected chi connectivity index (χ3v) is 2.48. The summed E-state index contributed by atoms with van der Waals surface area (Å²) in [6, 6.07) is 7.66. The molecule has 0 aliphatic rings. The standard InChI is InChI=1S/C10H12NO2Si/c1-14(2)7-12-10-11-8-5-3-4-6-9(8)13-10/h3-6H,7H2,1-2H3. The zero-order valence-corrected chi connectivity index (χ0v) is 9.28. The Balaban J connectivity index is 2.19. The van der Waals surface area contributed by atoms with E-state index in [2.05, 4.69) is 18.1 Å². The topological polar surface area (TPSA) is 35.3 Å². The lowest BCUT2D eigenvalue weighted by Gasteiger charge is -2.00. The summed E-state index contributed by atoms with van der Waals surface area (Å²) in [7, 11) is -0.391. The quantitative estimate of drug-likeness (QED) is 0.724. The number of nitrogens with zero attached hydrogens (tertiary/aromatic N) is 1. The van der Waals surface area contributed by atoms with Gasteiger partial charge in [-0.05, 0) is 12.1 Å². The van der Waals surface area contributed by atoms with Gasteiger partial charge in [-0.3, -0.25) is 0 Å². The highest BCUT2D eigenvalue weighted by Gasteiger charge is 2.06. The second-order valence-electron chi connectivity index (χ2n) is 3.44. The van der Waals surface area contributed by atoms with Gasteiger partial charge in [0.15, 0.2) is 5.58 Å². The molecular weight excluding hydrogens is 194 g/mol. The first-order valence-corrected chi connectivity index (χ1v) is 7.24. The molecule has 0 aliphatic heterocycles. The van der Waals surface area contributed by atoms with Crippen molar-refractivity contribution in [1.82, 2.24) is 4.98 Å². The van der Waals surface area contributed by atoms with Crippen molar-refractivity contribution in [2.45, 2.75) is 13.1 Å². The zero-order chi connectivity index (χ0) is 9.97. The van der Waals surface area contributed by atoms with E-state index in [9.17, 15) is 0 Å². The lowest BCUT2D eigenvalue weighted by atomic mass is 10.3. The minimum Gasteiger partial charge on any atom is -0.454 e. The maximum atomic E-state index is 5.42. The molecule has 0 unspecified atom stereocenters. The van der Waals surface area contributed by atoms with Crippen molar-refractivity contribution in [3.05, 3.63) is 24.3 Å². The van der Waals surface area contributed by atoms with Crippen LogP contribution < -0.4 is 4.74 Å². The molecule has 0 spiro atoms. The molecule has 3 nitrogen and oxygen atoms in total. The van der Waals surface area contributed by atoms with Crippen LogP contribution in [-0.4, -0.2) is 20.0 Å². The summed E-state index contributed by atoms with van der Waals surface area (Å²) in [5, 5.41) is 0. The van der Waals surface area contributed by atoms with Crippen molar-refractivity contribution in [2.75, 3.05) is 6.23 Å². The maximum Gasteiger partial charge on any atom is 0.394 e. The van der Waals surface area contributed by atoms with E-state index in [1.807, 2.05) is 24.3 Å². The fourth-order valence-electron chi connectivity index (χ4n) is 1.12. The van der Waals surface area contributed by atoms with Gasteiger partial charge < -0.3 is 9.15 Å². The molecule has 0 saturated carbocycles. The number of ether oxygens (including phenoxy) is 1. The van der Waals surface area contributed by atoms with Gasteiger partial charge in [0, 0.05) is 0 Å². The SMILES string of the molecule is C[Si](C)COc1nc2ccccc2o1. The highest BCUT2D eigenvalue weighted by atomic mass is 28.3. The van der Waals surface area contributed by atoms with E-state index in [1.165, 1.54) is 0 Å². The van der Waals surface area contributed by atoms with E-state index in [0.717, 1.165) is 17.3 Å². The Bertz CT molecular complexity index is 392. The van der Waals surface area contributed by atoms with Crippen molar-refractivity contribution < 1.29 is 9.15 Å². The molecule has 0 atom stereocenters. The van der Waals surface area contributed by atoms with Gasteiger partial charge >= 0.3 is 6.08 Å². The van der Waals surface area contributed by atoms with Crippen LogP contribution in [0.15, 0.2) is 28.7 Å². The first-order valence-electron chi connectivity index (χ1n) is 4.53. The Hall–Kier alpha value is -1.29. The maximum absolute atomic E-state index is 5.42. The van der Waals surface area contributed by atoms with Crippen molar-refractivity contribution >= 4 is 19.9 Å². The Morgan fingerprint density at radius 3 is 2.86 bits per heavy atom. The second kappa shape index (κ2) is 3.83. The summed E-state index contributed by atoms with van der Waals surface area (Å²) in [4.78, 5) is 4.21. The highest BCUT2D eigenvalue weighted by Crippen LogP contribution is 2.19. The summed E-state index contributed by atoms with van der Waals surface area (Å²) >= 11 is 0. The summed E-state index contributed by atoms with van der Waals surface area (Å²) < 4.78 is 10.8. The molecule has 2 rings (SSSR count). The predicted molar refractivity (Wildman–Crippen MR) is 57.0 cm³/mol. The van der Waals surface area contributed by atoms with Crippen LogP contribution in [0.25, 0.3) is 11.1 Å². The summed E-state index contributed by atoms with van der Waals surface area (Å²) in [5.74, 6) is 0. The Morgan fingerprint density at radius 1 is 1.36 bits per heavy atom. The van der Waals surface area contributed by atoms with E-state index in [0.29, 0.717) is 6.08 Å². The molecule has 73 valence electrons. The van der Waals surface area contributed by atoms with E-state index in [4.69, 9.17) is 9.15 Å². The van der Waals surface area contributed by atoms with Crippen molar-refractivity contribution in [3.63, 3.8) is 0 Å². The number of hydrogen-bond donors (Lipinski definition) is 0. The summed E-state index contributed by atoms with van der Waals surface area (Å²) in [5.41, 5.74) is 1.63. The first-order chi connectivity index (χ1) is 6.75. The number of benzene rings is 1. The number of oxazole rings is 1. The average Bonchev–Trinajstić information content (AvgIpc) is 2.57. The van der Waals surface area contributed by atoms with Crippen LogP contribution in [0.1, 0.15) is 0 Å². The van der Waals surface area contributed by atoms with Gasteiger partial charge in [-0.1, -0.05) is 25.2 Å². The van der Waals surface area contributed by atoms with Crippen LogP contribution >= 0.6 is 0 Å². The van der Waals surface area contributed by atoms with E-state index < -0.39 is 8.80 Å². The molecule has 0 saturated heterocycles. The molecule has 0 N–H and O–H groups in total. The van der Waals surface area contributed by atoms with Gasteiger partial charge in [0.2, 0.25) is 0 Å². The number of para-hydroxylation sites is 2. The summed E-state index contributed by atoms with van der Waals surface area (Å²) in [6.07, 6.45) is 1.12. The largest absolute Gasteiger partial charge is 0.454 e. The number of rotatable bonds is 3. The van der Waals surface area contributed by atoms with Crippen LogP contribution in [0, 0.1) is 0 Å². The van der Waals surface area contributed by atoms with Gasteiger partial charge in [-0.15, -0.1) is 0 Å². The van der Waals surface area contributed by atoms with E-state index in [1.54, 1.807) is 0 Å². The van der Waals surface area contributed by atoms with Crippen LogP contribution in [0.4, 0.5) is 0 Å². The lowest BCUT2D eigenvalue weighted by Crippen LogP contribution is -2.14. The van der Waals surface area contributed by atoms with E-state index >= 15 is 0 Å². The molecule has 2 aromatic rings. The van der Waals surface area contributed by atoms with Crippen LogP contribution in [-0.2, 0) is 0 Å². The van der Waals surface area contributed by atoms with Gasteiger partial charge in [-0.2, -0.15) is 4.98 Å². The molecule has 0 fully saturated rings. The smallest absolute Gasteiger partial charge is 0.394 e. The van der Waals surface area contributed by atoms with Gasteiger partial charge in [0.25, 0.3) is 0 Å². The lowest BCUT2D eigenvalue weighted by molar-refractivity contribution is 0.278. The third kappa shape index (κ3) is 1.96. The predicted octanol–water partition coefficient (Wildman–Crippen LogP) is 2.50. The Kier molecular flexibility index (Phi) is 2.54. The first kappa shape index (κ1) is 9.27. The molecule has 1 aromatic heterocycles. The Labute approximate surface area is 84.3 Å². The number of hydrogen-bond acceptors (Lipinski definition) is 3. The van der Waals surface area contributed by atoms with Crippen LogP contribution in [0.3, 0.4) is 0 Å². The second-order valence-corrected chi connectivity index (χ2v) is 6.15. The zero-order valence-electron chi connectivity index (χ0n) is 8.28. The van der Waals surface area contributed by atoms with Gasteiger partial charge in [0.1, 0.15) is 5.52 Å². The molecule has 1 heterocycles. The van der Waals surface area contributed by atoms with E-state index in [-0.39, 0.29) is 0 Å². The van der Waals surface area contributed by atoms with Crippen molar-refractivity contribution in [3.8, 4) is 6.08 Å². The van der Waals surface area contributed by atoms with Crippen molar-refractivity contribution in [1.29, 1.82) is 0 Å². The molecule has 1 radical (unpaired) electrons. The minimum atomic E-state index is -0.391. The number of fused-ring (bicyclic) bond motifs is 1. The van der Waals surface area contributed by atoms with Crippen LogP contribution in [0.2, 0.25) is 13.1 Å². The Morgan fingerprint density at radius 2 is 2.14 bits per heavy atom. The molecule has 4 heteroatoms. The molecule has 0 bridgehead atoms. The third-order valence-electron chi connectivity index (χ3n) is 1.76. The van der Waals surface area contributed by atoms with Gasteiger partial charge in [0.05, 0.1) is 15.0 Å². The molecule has 0 amide bonds. The van der Waals surface area contributed by atoms with Crippen LogP contribution in [0.5, 0.6) is 6.08 Å². The highest BCUT2D eigenvalue weighted by molar-refractivity contribution is 6.55. The van der Waals surface area contributed by atoms with Crippen molar-refractivity contribution in [2.24, 2.45) is 0 Å². The monoisotopic (exact) mass is 206 g/mol. The molecule has 1 aromatic carbocycles. The van der Waals surface area contributed by atoms with Gasteiger partial charge in [-0.25, -0.2) is 0 Å². The molecule has 14 heavy (non-hydrogen) atoms. The minimum absolute atomic E-state index is 0.386. The average molecular weight is 206 g/mol. The fraction of sp³-hybridized carbons (Fsp3) is 0.300. The molecule has 0 aliphatic carbocycles. The number of aromatic nitrogens is 1.